The van der Waals surface area contributed by atoms with Gasteiger partial charge in [0.2, 0.25) is 0 Å². The Bertz CT molecular complexity index is 91.5. The molecule has 0 aromatic carbocycles. The molecule has 0 aliphatic carbocycles. The first-order valence-electron chi connectivity index (χ1n) is 1.58. The van der Waals surface area contributed by atoms with Crippen LogP contribution in [0.15, 0.2) is 12.3 Å². The minimum absolute atomic E-state index is 0.460. The fraction of sp³-hybridized carbons (Fsp3) is 0. The Labute approximate surface area is 40.0 Å². The van der Waals surface area contributed by atoms with Crippen LogP contribution in [0.2, 0.25) is 0 Å². The van der Waals surface area contributed by atoms with E-state index in [9.17, 15) is 0 Å². The Kier molecular flexibility index (Phi) is 2.17. The molecule has 3 heteroatoms. The second-order valence-corrected chi connectivity index (χ2v) is 1.34. The van der Waals surface area contributed by atoms with Gasteiger partial charge in [0.15, 0.2) is 0 Å². The summed E-state index contributed by atoms with van der Waals surface area (Å²) in [4.78, 5) is 2.70. The maximum atomic E-state index is 7.94. The predicted molar refractivity (Wildman–Crippen MR) is 27.8 cm³/mol. The lowest BCUT2D eigenvalue weighted by atomic mass is 10.6. The first-order chi connectivity index (χ1) is 2.81. The van der Waals surface area contributed by atoms with Crippen LogP contribution in [0.25, 0.3) is 0 Å². The van der Waals surface area contributed by atoms with Crippen molar-refractivity contribution in [2.75, 3.05) is 0 Å². The number of rotatable bonds is 1. The van der Waals surface area contributed by atoms with Crippen LogP contribution < -0.4 is 4.98 Å². The van der Waals surface area contributed by atoms with Crippen molar-refractivity contribution in [3.8, 4) is 6.07 Å². The van der Waals surface area contributed by atoms with E-state index in [1.807, 2.05) is 6.07 Å². The number of hydrogen-bond acceptors (Lipinski definition) is 2. The lowest BCUT2D eigenvalue weighted by molar-refractivity contribution is 1.28. The van der Waals surface area contributed by atoms with Crippen LogP contribution in [0.3, 0.4) is 0 Å². The van der Waals surface area contributed by atoms with Gasteiger partial charge in [-0.25, -0.2) is 0 Å². The molecule has 0 aliphatic heterocycles. The molecular weight excluding hydrogens is 92.1 g/mol. The Morgan fingerprint density at radius 2 is 2.50 bits per heavy atom. The summed E-state index contributed by atoms with van der Waals surface area (Å²) in [5, 5.41) is 7.94. The van der Waals surface area contributed by atoms with Crippen molar-refractivity contribution in [3.63, 3.8) is 0 Å². The van der Waals surface area contributed by atoms with Gasteiger partial charge in [0, 0.05) is 0 Å². The summed E-state index contributed by atoms with van der Waals surface area (Å²) in [6, 6.07) is 1.84. The summed E-state index contributed by atoms with van der Waals surface area (Å²) in [6.07, 6.45) is 0. The zero-order chi connectivity index (χ0) is 4.99. The highest BCUT2D eigenvalue weighted by Crippen LogP contribution is 1.68. The van der Waals surface area contributed by atoms with Crippen molar-refractivity contribution < 1.29 is 0 Å². The molecule has 0 saturated carbocycles. The molecule has 0 aliphatic rings. The second-order valence-electron chi connectivity index (χ2n) is 0.840. The molecule has 0 aromatic heterocycles. The molecule has 0 amide bonds. The number of hydrogen-bond donors (Lipinski definition) is 1. The van der Waals surface area contributed by atoms with Gasteiger partial charge in [-0.3, -0.25) is 0 Å². The lowest BCUT2D eigenvalue weighted by Gasteiger charge is -1.84. The van der Waals surface area contributed by atoms with Gasteiger partial charge in [0.25, 0.3) is 0 Å². The number of allylic oxidation sites excluding steroid dienone is 1. The molecule has 0 spiro atoms. The number of nitriles is 1. The highest BCUT2D eigenvalue weighted by atomic mass is 28.2. The fourth-order valence-corrected chi connectivity index (χ4v) is 0.168. The van der Waals surface area contributed by atoms with E-state index in [0.717, 1.165) is 10.4 Å². The van der Waals surface area contributed by atoms with Crippen molar-refractivity contribution in [2.45, 2.75) is 0 Å². The molecule has 0 unspecified atom stereocenters. The van der Waals surface area contributed by atoms with Gasteiger partial charge in [-0.15, -0.1) is 0 Å². The van der Waals surface area contributed by atoms with Crippen LogP contribution in [0.1, 0.15) is 0 Å². The van der Waals surface area contributed by atoms with Crippen LogP contribution >= 0.6 is 0 Å². The maximum absolute atomic E-state index is 7.94. The normalized spacial score (nSPS) is 6.50. The molecule has 0 fully saturated rings. The summed E-state index contributed by atoms with van der Waals surface area (Å²) in [5.41, 5.74) is 0.460. The zero-order valence-electron chi connectivity index (χ0n) is 3.65. The van der Waals surface area contributed by atoms with Crippen LogP contribution in [0.5, 0.6) is 0 Å². The van der Waals surface area contributed by atoms with E-state index in [-0.39, 0.29) is 0 Å². The van der Waals surface area contributed by atoms with Crippen molar-refractivity contribution in [2.24, 2.45) is 0 Å². The van der Waals surface area contributed by atoms with Crippen LogP contribution in [-0.2, 0) is 0 Å². The van der Waals surface area contributed by atoms with Gasteiger partial charge in [0.1, 0.15) is 16.5 Å². The Balaban J connectivity index is 3.33. The van der Waals surface area contributed by atoms with E-state index >= 15 is 0 Å². The molecule has 0 bridgehead atoms. The van der Waals surface area contributed by atoms with E-state index in [2.05, 4.69) is 11.6 Å². The SMILES string of the molecule is C=C(C#N)N[SiH3]. The van der Waals surface area contributed by atoms with Gasteiger partial charge in [0.05, 0.1) is 5.70 Å². The third-order valence-electron chi connectivity index (χ3n) is 0.437. The molecule has 0 rings (SSSR count). The molecule has 32 valence electrons. The van der Waals surface area contributed by atoms with Gasteiger partial charge in [-0.05, 0) is 0 Å². The summed E-state index contributed by atoms with van der Waals surface area (Å²) in [5.74, 6) is 0. The molecule has 6 heavy (non-hydrogen) atoms. The van der Waals surface area contributed by atoms with E-state index in [0.29, 0.717) is 5.70 Å². The number of nitrogens with one attached hydrogen (secondary N) is 1. The molecule has 0 aromatic rings. The maximum Gasteiger partial charge on any atom is 0.115 e. The predicted octanol–water partition coefficient (Wildman–Crippen LogP) is -1.11. The minimum Gasteiger partial charge on any atom is -0.411 e. The van der Waals surface area contributed by atoms with Gasteiger partial charge >= 0.3 is 0 Å². The zero-order valence-corrected chi connectivity index (χ0v) is 5.65. The average Bonchev–Trinajstić information content (AvgIpc) is 1.65. The average molecular weight is 98.2 g/mol. The third kappa shape index (κ3) is 1.55. The molecule has 0 atom stereocenters. The second kappa shape index (κ2) is 2.48. The summed E-state index contributed by atoms with van der Waals surface area (Å²) >= 11 is 0. The summed E-state index contributed by atoms with van der Waals surface area (Å²) in [6.45, 7) is 3.35. The largest absolute Gasteiger partial charge is 0.411 e. The monoisotopic (exact) mass is 98.0 g/mol. The Hall–Kier alpha value is -0.753. The summed E-state index contributed by atoms with van der Waals surface area (Å²) < 4.78 is 0. The van der Waals surface area contributed by atoms with Crippen molar-refractivity contribution >= 4 is 10.4 Å². The third-order valence-corrected chi connectivity index (χ3v) is 1.04. The van der Waals surface area contributed by atoms with Crippen molar-refractivity contribution in [3.05, 3.63) is 12.3 Å². The highest BCUT2D eigenvalue weighted by Gasteiger charge is 1.73. The summed E-state index contributed by atoms with van der Waals surface area (Å²) in [7, 11) is 0.810. The van der Waals surface area contributed by atoms with Crippen molar-refractivity contribution in [1.29, 1.82) is 5.26 Å². The molecule has 0 heterocycles. The van der Waals surface area contributed by atoms with Gasteiger partial charge < -0.3 is 4.98 Å². The van der Waals surface area contributed by atoms with Gasteiger partial charge in [-0.2, -0.15) is 5.26 Å². The molecule has 0 radical (unpaired) electrons. The van der Waals surface area contributed by atoms with E-state index in [4.69, 9.17) is 5.26 Å². The van der Waals surface area contributed by atoms with Gasteiger partial charge in [-0.1, -0.05) is 6.58 Å². The van der Waals surface area contributed by atoms with Crippen molar-refractivity contribution in [1.82, 2.24) is 4.98 Å². The highest BCUT2D eigenvalue weighted by molar-refractivity contribution is 6.05. The van der Waals surface area contributed by atoms with E-state index in [1.165, 1.54) is 0 Å². The lowest BCUT2D eigenvalue weighted by Crippen LogP contribution is -2.02. The van der Waals surface area contributed by atoms with Crippen LogP contribution in [0.4, 0.5) is 0 Å². The van der Waals surface area contributed by atoms with E-state index < -0.39 is 0 Å². The Morgan fingerprint density at radius 1 is 2.00 bits per heavy atom. The quantitative estimate of drug-likeness (QED) is 0.333. The minimum atomic E-state index is 0.460. The standard InChI is InChI=1S/C3H6N2Si/c1-3(2-4)5-6/h5H,1H2,6H3. The molecular formula is C3H6N2Si. The topological polar surface area (TPSA) is 35.8 Å². The first-order valence-corrected chi connectivity index (χ1v) is 2.58. The first kappa shape index (κ1) is 5.25. The van der Waals surface area contributed by atoms with Crippen LogP contribution in [-0.4, -0.2) is 10.4 Å². The smallest absolute Gasteiger partial charge is 0.115 e. The fourth-order valence-electron chi connectivity index (χ4n) is 0.0559. The Morgan fingerprint density at radius 3 is 2.50 bits per heavy atom. The molecule has 2 nitrogen and oxygen atoms in total. The number of nitrogens with zero attached hydrogens (tertiary/aromatic N) is 1. The van der Waals surface area contributed by atoms with Crippen LogP contribution in [0, 0.1) is 11.3 Å². The molecule has 0 saturated heterocycles. The molecule has 1 N–H and O–H groups in total. The van der Waals surface area contributed by atoms with E-state index in [1.54, 1.807) is 0 Å².